The molecule has 7 heteroatoms. The number of unbranched alkanes of at least 4 members (excludes halogenated alkanes) is 2. The Kier molecular flexibility index (Phi) is 9.96. The van der Waals surface area contributed by atoms with Gasteiger partial charge in [0.1, 0.15) is 12.4 Å². The lowest BCUT2D eigenvalue weighted by Crippen LogP contribution is -2.36. The summed E-state index contributed by atoms with van der Waals surface area (Å²) in [7, 11) is 7.28. The highest BCUT2D eigenvalue weighted by Gasteiger charge is 2.34. The molecule has 0 saturated carbocycles. The number of cyclic esters (lactones) is 1. The standard InChI is InChI=1S/C28H42N2O4S/c1-7-8-9-12-20(27(31)30(4)5)23-17-35-15-10-11-19(23)13-14-21-25(29-3)24-22(16-34-28(24)32)18(2)26(21)33-6/h13,20,23,29H,7-12,14-17H2,1-6H3. The summed E-state index contributed by atoms with van der Waals surface area (Å²) in [5, 5.41) is 3.25. The van der Waals surface area contributed by atoms with E-state index in [0.29, 0.717) is 12.0 Å². The van der Waals surface area contributed by atoms with Gasteiger partial charge in [0, 0.05) is 49.9 Å². The quantitative estimate of drug-likeness (QED) is 0.255. The number of esters is 1. The van der Waals surface area contributed by atoms with E-state index in [0.717, 1.165) is 78.2 Å². The van der Waals surface area contributed by atoms with Gasteiger partial charge in [-0.05, 0) is 43.9 Å². The van der Waals surface area contributed by atoms with Crippen LogP contribution >= 0.6 is 11.8 Å². The number of thioether (sulfide) groups is 1. The average molecular weight is 503 g/mol. The Bertz CT molecular complexity index is 957. The minimum absolute atomic E-state index is 0.0100. The maximum Gasteiger partial charge on any atom is 0.341 e. The van der Waals surface area contributed by atoms with Crippen LogP contribution in [0.2, 0.25) is 0 Å². The molecule has 0 aromatic heterocycles. The van der Waals surface area contributed by atoms with Crippen molar-refractivity contribution in [3.63, 3.8) is 0 Å². The Balaban J connectivity index is 2.01. The second kappa shape index (κ2) is 12.7. The number of allylic oxidation sites excluding steroid dienone is 2. The highest BCUT2D eigenvalue weighted by Crippen LogP contribution is 2.42. The molecule has 0 radical (unpaired) electrons. The molecular weight excluding hydrogens is 460 g/mol. The van der Waals surface area contributed by atoms with Crippen LogP contribution in [0.25, 0.3) is 0 Å². The van der Waals surface area contributed by atoms with Gasteiger partial charge in [-0.1, -0.05) is 37.8 Å². The third-order valence-corrected chi connectivity index (χ3v) is 8.56. The van der Waals surface area contributed by atoms with Crippen molar-refractivity contribution in [1.82, 2.24) is 4.90 Å². The second-order valence-corrected chi connectivity index (χ2v) is 10.9. The van der Waals surface area contributed by atoms with Crippen LogP contribution in [0, 0.1) is 18.8 Å². The van der Waals surface area contributed by atoms with Gasteiger partial charge in [-0.3, -0.25) is 4.79 Å². The zero-order valence-electron chi connectivity index (χ0n) is 22.3. The number of ether oxygens (including phenoxy) is 2. The number of hydrogen-bond acceptors (Lipinski definition) is 6. The van der Waals surface area contributed by atoms with Gasteiger partial charge in [-0.15, -0.1) is 0 Å². The number of nitrogens with one attached hydrogen (secondary N) is 1. The first-order valence-electron chi connectivity index (χ1n) is 12.9. The normalized spacial score (nSPS) is 19.7. The van der Waals surface area contributed by atoms with Crippen LogP contribution in [0.3, 0.4) is 0 Å². The molecule has 3 rings (SSSR count). The largest absolute Gasteiger partial charge is 0.496 e. The summed E-state index contributed by atoms with van der Waals surface area (Å²) in [5.74, 6) is 3.12. The highest BCUT2D eigenvalue weighted by molar-refractivity contribution is 7.99. The number of rotatable bonds is 10. The van der Waals surface area contributed by atoms with Crippen LogP contribution in [-0.2, 0) is 22.6 Å². The summed E-state index contributed by atoms with van der Waals surface area (Å²) < 4.78 is 11.2. The molecule has 1 fully saturated rings. The van der Waals surface area contributed by atoms with E-state index in [1.807, 2.05) is 39.8 Å². The zero-order chi connectivity index (χ0) is 25.5. The summed E-state index contributed by atoms with van der Waals surface area (Å²) in [6.07, 6.45) is 9.41. The Morgan fingerprint density at radius 2 is 2.11 bits per heavy atom. The number of carbonyl (C=O) groups excluding carboxylic acids is 2. The number of hydrogen-bond donors (Lipinski definition) is 1. The zero-order valence-corrected chi connectivity index (χ0v) is 23.1. The predicted octanol–water partition coefficient (Wildman–Crippen LogP) is 5.61. The fourth-order valence-corrected chi connectivity index (χ4v) is 6.73. The van der Waals surface area contributed by atoms with Gasteiger partial charge in [0.05, 0.1) is 18.4 Å². The van der Waals surface area contributed by atoms with E-state index in [1.54, 1.807) is 12.0 Å². The third-order valence-electron chi connectivity index (χ3n) is 7.39. The molecule has 0 spiro atoms. The second-order valence-electron chi connectivity index (χ2n) is 9.79. The number of fused-ring (bicyclic) bond motifs is 1. The molecule has 2 heterocycles. The van der Waals surface area contributed by atoms with Gasteiger partial charge >= 0.3 is 5.97 Å². The van der Waals surface area contributed by atoms with Gasteiger partial charge < -0.3 is 19.7 Å². The van der Waals surface area contributed by atoms with Gasteiger partial charge in [0.15, 0.2) is 0 Å². The van der Waals surface area contributed by atoms with E-state index in [9.17, 15) is 9.59 Å². The van der Waals surface area contributed by atoms with Crippen LogP contribution in [0.4, 0.5) is 5.69 Å². The van der Waals surface area contributed by atoms with E-state index in [2.05, 4.69) is 18.3 Å². The van der Waals surface area contributed by atoms with E-state index in [-0.39, 0.29) is 30.3 Å². The average Bonchev–Trinajstić information content (AvgIpc) is 3.08. The van der Waals surface area contributed by atoms with Crippen LogP contribution < -0.4 is 10.1 Å². The molecule has 35 heavy (non-hydrogen) atoms. The lowest BCUT2D eigenvalue weighted by molar-refractivity contribution is -0.134. The van der Waals surface area contributed by atoms with Crippen LogP contribution in [-0.4, -0.2) is 56.5 Å². The molecule has 1 aromatic rings. The molecule has 0 aliphatic carbocycles. The maximum atomic E-state index is 13.3. The summed E-state index contributed by atoms with van der Waals surface area (Å²) >= 11 is 1.97. The van der Waals surface area contributed by atoms with Crippen molar-refractivity contribution in [2.75, 3.05) is 45.1 Å². The number of carbonyl (C=O) groups is 2. The summed E-state index contributed by atoms with van der Waals surface area (Å²) in [6.45, 7) is 4.49. The van der Waals surface area contributed by atoms with Crippen LogP contribution in [0.1, 0.15) is 72.5 Å². The molecule has 0 bridgehead atoms. The number of nitrogens with zero attached hydrogens (tertiary/aromatic N) is 1. The van der Waals surface area contributed by atoms with Crippen molar-refractivity contribution >= 4 is 29.3 Å². The molecule has 2 unspecified atom stereocenters. The molecule has 194 valence electrons. The number of benzene rings is 1. The monoisotopic (exact) mass is 502 g/mol. The van der Waals surface area contributed by atoms with Crippen molar-refractivity contribution in [3.8, 4) is 5.75 Å². The number of methoxy groups -OCH3 is 1. The first-order chi connectivity index (χ1) is 16.8. The first-order valence-corrected chi connectivity index (χ1v) is 14.1. The SMILES string of the molecule is CCCCCC(C(=O)N(C)C)C1CSCCCC1=CCc1c(NC)c2c(c(C)c1OC)COC2=O. The maximum absolute atomic E-state index is 13.3. The van der Waals surface area contributed by atoms with Gasteiger partial charge in [-0.25, -0.2) is 4.79 Å². The summed E-state index contributed by atoms with van der Waals surface area (Å²) in [6, 6.07) is 0. The Labute approximate surface area is 215 Å². The van der Waals surface area contributed by atoms with Gasteiger partial charge in [-0.2, -0.15) is 11.8 Å². The van der Waals surface area contributed by atoms with Crippen molar-refractivity contribution in [1.29, 1.82) is 0 Å². The number of anilines is 1. The molecule has 1 saturated heterocycles. The first kappa shape index (κ1) is 27.4. The Morgan fingerprint density at radius 3 is 2.77 bits per heavy atom. The molecule has 6 nitrogen and oxygen atoms in total. The summed E-state index contributed by atoms with van der Waals surface area (Å²) in [5.41, 5.74) is 5.65. The molecular formula is C28H42N2O4S. The fraction of sp³-hybridized carbons (Fsp3) is 0.643. The van der Waals surface area contributed by atoms with Gasteiger partial charge in [0.2, 0.25) is 5.91 Å². The minimum atomic E-state index is -0.277. The van der Waals surface area contributed by atoms with Crippen molar-refractivity contribution in [3.05, 3.63) is 33.9 Å². The lowest BCUT2D eigenvalue weighted by Gasteiger charge is -2.30. The van der Waals surface area contributed by atoms with E-state index >= 15 is 0 Å². The smallest absolute Gasteiger partial charge is 0.341 e. The fourth-order valence-electron chi connectivity index (χ4n) is 5.51. The summed E-state index contributed by atoms with van der Waals surface area (Å²) in [4.78, 5) is 27.6. The molecule has 1 aromatic carbocycles. The lowest BCUT2D eigenvalue weighted by atomic mass is 9.80. The van der Waals surface area contributed by atoms with Crippen molar-refractivity contribution in [2.24, 2.45) is 11.8 Å². The molecule has 2 aliphatic rings. The Morgan fingerprint density at radius 1 is 1.34 bits per heavy atom. The van der Waals surface area contributed by atoms with Crippen molar-refractivity contribution < 1.29 is 19.1 Å². The van der Waals surface area contributed by atoms with E-state index in [4.69, 9.17) is 9.47 Å². The molecule has 2 aliphatic heterocycles. The van der Waals surface area contributed by atoms with Crippen LogP contribution in [0.15, 0.2) is 11.6 Å². The van der Waals surface area contributed by atoms with E-state index < -0.39 is 0 Å². The van der Waals surface area contributed by atoms with E-state index in [1.165, 1.54) is 5.57 Å². The molecule has 1 amide bonds. The Hall–Kier alpha value is -2.15. The van der Waals surface area contributed by atoms with Crippen molar-refractivity contribution in [2.45, 2.75) is 65.4 Å². The van der Waals surface area contributed by atoms with Gasteiger partial charge in [0.25, 0.3) is 0 Å². The minimum Gasteiger partial charge on any atom is -0.496 e. The highest BCUT2D eigenvalue weighted by atomic mass is 32.2. The third kappa shape index (κ3) is 5.99. The topological polar surface area (TPSA) is 67.9 Å². The molecule has 1 N–H and O–H groups in total. The van der Waals surface area contributed by atoms with Crippen LogP contribution in [0.5, 0.6) is 5.75 Å². The molecule has 2 atom stereocenters. The predicted molar refractivity (Wildman–Crippen MR) is 145 cm³/mol. The number of amides is 1.